The summed E-state index contributed by atoms with van der Waals surface area (Å²) in [4.78, 5) is 20.8. The molecule has 2 N–H and O–H groups in total. The Hall–Kier alpha value is -0.780. The van der Waals surface area contributed by atoms with Crippen LogP contribution in [0.1, 0.15) is 13.8 Å². The van der Waals surface area contributed by atoms with Gasteiger partial charge in [-0.05, 0) is 13.8 Å². The molecule has 5 nitrogen and oxygen atoms in total. The first-order valence-corrected chi connectivity index (χ1v) is 3.42. The first kappa shape index (κ1) is 11.2. The molecule has 0 saturated carbocycles. The van der Waals surface area contributed by atoms with E-state index in [0.717, 1.165) is 6.92 Å². The van der Waals surface area contributed by atoms with E-state index in [4.69, 9.17) is 10.2 Å². The first-order valence-electron chi connectivity index (χ1n) is 3.42. The maximum absolute atomic E-state index is 10.5. The molecule has 5 heteroatoms. The number of carbonyl (C=O) groups excluding carboxylic acids is 2. The van der Waals surface area contributed by atoms with Crippen LogP contribution in [0, 0.1) is 0 Å². The van der Waals surface area contributed by atoms with Gasteiger partial charge in [-0.2, -0.15) is 0 Å². The van der Waals surface area contributed by atoms with Crippen molar-refractivity contribution in [3.05, 3.63) is 0 Å². The summed E-state index contributed by atoms with van der Waals surface area (Å²) in [6.07, 6.45) is -3.20. The van der Waals surface area contributed by atoms with Crippen molar-refractivity contribution in [2.45, 2.75) is 26.2 Å². The molecule has 12 heavy (non-hydrogen) atoms. The molecule has 0 bridgehead atoms. The third kappa shape index (κ3) is 4.17. The summed E-state index contributed by atoms with van der Waals surface area (Å²) < 4.78 is 4.46. The van der Waals surface area contributed by atoms with Crippen LogP contribution in [0.4, 0.5) is 0 Å². The fraction of sp³-hybridized carbons (Fsp3) is 0.714. The van der Waals surface area contributed by atoms with Crippen LogP contribution < -0.4 is 0 Å². The summed E-state index contributed by atoms with van der Waals surface area (Å²) in [6, 6.07) is 0. The molecule has 0 heterocycles. The van der Waals surface area contributed by atoms with Gasteiger partial charge in [-0.3, -0.25) is 9.59 Å². The van der Waals surface area contributed by atoms with Gasteiger partial charge in [0.15, 0.2) is 24.0 Å². The van der Waals surface area contributed by atoms with E-state index in [2.05, 4.69) is 4.74 Å². The van der Waals surface area contributed by atoms with Crippen LogP contribution >= 0.6 is 0 Å². The average molecular weight is 176 g/mol. The second kappa shape index (κ2) is 4.97. The van der Waals surface area contributed by atoms with Crippen molar-refractivity contribution in [1.29, 1.82) is 0 Å². The van der Waals surface area contributed by atoms with Crippen molar-refractivity contribution in [3.63, 3.8) is 0 Å². The minimum atomic E-state index is -1.62. The third-order valence-electron chi connectivity index (χ3n) is 1.14. The zero-order chi connectivity index (χ0) is 9.72. The Labute approximate surface area is 70.0 Å². The zero-order valence-corrected chi connectivity index (χ0v) is 6.98. The van der Waals surface area contributed by atoms with Crippen LogP contribution in [0.2, 0.25) is 0 Å². The topological polar surface area (TPSA) is 83.8 Å². The maximum atomic E-state index is 10.5. The first-order chi connectivity index (χ1) is 5.45. The highest BCUT2D eigenvalue weighted by atomic mass is 16.6. The number of hydrogen-bond acceptors (Lipinski definition) is 5. The van der Waals surface area contributed by atoms with Gasteiger partial charge < -0.3 is 14.9 Å². The SMILES string of the molecule is CC(=O)COC(O)C(O)C(C)=O. The van der Waals surface area contributed by atoms with E-state index in [1.807, 2.05) is 0 Å². The monoisotopic (exact) mass is 176 g/mol. The molecule has 0 radical (unpaired) electrons. The largest absolute Gasteiger partial charge is 0.380 e. The quantitative estimate of drug-likeness (QED) is 0.517. The fourth-order valence-electron chi connectivity index (χ4n) is 0.495. The van der Waals surface area contributed by atoms with Gasteiger partial charge in [-0.15, -0.1) is 0 Å². The number of rotatable bonds is 5. The molecule has 0 aromatic carbocycles. The van der Waals surface area contributed by atoms with Gasteiger partial charge in [0.2, 0.25) is 0 Å². The van der Waals surface area contributed by atoms with E-state index in [-0.39, 0.29) is 12.4 Å². The van der Waals surface area contributed by atoms with Gasteiger partial charge in [-0.1, -0.05) is 0 Å². The van der Waals surface area contributed by atoms with Gasteiger partial charge >= 0.3 is 0 Å². The highest BCUT2D eigenvalue weighted by Crippen LogP contribution is 1.96. The summed E-state index contributed by atoms with van der Waals surface area (Å²) in [7, 11) is 0. The molecule has 0 rings (SSSR count). The Morgan fingerprint density at radius 3 is 2.17 bits per heavy atom. The van der Waals surface area contributed by atoms with E-state index in [9.17, 15) is 9.59 Å². The van der Waals surface area contributed by atoms with Gasteiger partial charge in [0, 0.05) is 0 Å². The van der Waals surface area contributed by atoms with Crippen molar-refractivity contribution in [1.82, 2.24) is 0 Å². The Morgan fingerprint density at radius 1 is 1.33 bits per heavy atom. The van der Waals surface area contributed by atoms with Gasteiger partial charge in [0.25, 0.3) is 0 Å². The van der Waals surface area contributed by atoms with Crippen LogP contribution in [0.3, 0.4) is 0 Å². The molecule has 0 aliphatic rings. The molecule has 0 fully saturated rings. The zero-order valence-electron chi connectivity index (χ0n) is 6.98. The predicted octanol–water partition coefficient (Wildman–Crippen LogP) is -1.14. The van der Waals surface area contributed by atoms with Crippen LogP contribution in [0.15, 0.2) is 0 Å². The molecule has 0 aliphatic carbocycles. The number of ether oxygens (including phenoxy) is 1. The lowest BCUT2D eigenvalue weighted by molar-refractivity contribution is -0.174. The summed E-state index contributed by atoms with van der Waals surface area (Å²) in [5, 5.41) is 17.8. The Morgan fingerprint density at radius 2 is 1.83 bits per heavy atom. The lowest BCUT2D eigenvalue weighted by Gasteiger charge is -2.14. The molecule has 0 amide bonds. The van der Waals surface area contributed by atoms with Gasteiger partial charge in [0.05, 0.1) is 0 Å². The van der Waals surface area contributed by atoms with E-state index < -0.39 is 18.2 Å². The lowest BCUT2D eigenvalue weighted by Crippen LogP contribution is -2.35. The summed E-state index contributed by atoms with van der Waals surface area (Å²) in [5.41, 5.74) is 0. The number of hydrogen-bond donors (Lipinski definition) is 2. The van der Waals surface area contributed by atoms with E-state index >= 15 is 0 Å². The Balaban J connectivity index is 3.79. The second-order valence-electron chi connectivity index (χ2n) is 2.46. The normalized spacial score (nSPS) is 15.3. The maximum Gasteiger partial charge on any atom is 0.188 e. The summed E-state index contributed by atoms with van der Waals surface area (Å²) >= 11 is 0. The summed E-state index contributed by atoms with van der Waals surface area (Å²) in [5.74, 6) is -0.893. The highest BCUT2D eigenvalue weighted by molar-refractivity contribution is 5.80. The van der Waals surface area contributed by atoms with Crippen molar-refractivity contribution < 1.29 is 24.5 Å². The number of aliphatic hydroxyl groups excluding tert-OH is 2. The number of carbonyl (C=O) groups is 2. The van der Waals surface area contributed by atoms with E-state index in [0.29, 0.717) is 0 Å². The average Bonchev–Trinajstić information content (AvgIpc) is 1.98. The molecular weight excluding hydrogens is 164 g/mol. The molecule has 0 spiro atoms. The number of ketones is 2. The van der Waals surface area contributed by atoms with Crippen LogP contribution in [0.25, 0.3) is 0 Å². The third-order valence-corrected chi connectivity index (χ3v) is 1.14. The molecule has 2 atom stereocenters. The lowest BCUT2D eigenvalue weighted by atomic mass is 10.2. The van der Waals surface area contributed by atoms with Crippen molar-refractivity contribution in [2.75, 3.05) is 6.61 Å². The number of aliphatic hydroxyl groups is 2. The molecule has 0 saturated heterocycles. The Kier molecular flexibility index (Phi) is 4.65. The minimum Gasteiger partial charge on any atom is -0.380 e. The summed E-state index contributed by atoms with van der Waals surface area (Å²) in [6.45, 7) is 2.07. The fourth-order valence-corrected chi connectivity index (χ4v) is 0.495. The van der Waals surface area contributed by atoms with Crippen molar-refractivity contribution in [2.24, 2.45) is 0 Å². The van der Waals surface area contributed by atoms with Crippen molar-refractivity contribution in [3.8, 4) is 0 Å². The predicted molar refractivity (Wildman–Crippen MR) is 39.3 cm³/mol. The van der Waals surface area contributed by atoms with Crippen molar-refractivity contribution >= 4 is 11.6 Å². The second-order valence-corrected chi connectivity index (χ2v) is 2.46. The minimum absolute atomic E-state index is 0.287. The van der Waals surface area contributed by atoms with E-state index in [1.165, 1.54) is 6.92 Å². The molecule has 2 unspecified atom stereocenters. The van der Waals surface area contributed by atoms with Gasteiger partial charge in [-0.25, -0.2) is 0 Å². The standard InChI is InChI=1S/C7H12O5/c1-4(8)3-12-7(11)6(10)5(2)9/h6-7,10-11H,3H2,1-2H3. The smallest absolute Gasteiger partial charge is 0.188 e. The van der Waals surface area contributed by atoms with Crippen LogP contribution in [-0.2, 0) is 14.3 Å². The molecule has 0 aromatic heterocycles. The van der Waals surface area contributed by atoms with Crippen LogP contribution in [-0.4, -0.2) is 40.8 Å². The molecule has 0 aliphatic heterocycles. The highest BCUT2D eigenvalue weighted by Gasteiger charge is 2.21. The Bertz CT molecular complexity index is 177. The molecule has 0 aromatic rings. The molecular formula is C7H12O5. The van der Waals surface area contributed by atoms with E-state index in [1.54, 1.807) is 0 Å². The van der Waals surface area contributed by atoms with Crippen LogP contribution in [0.5, 0.6) is 0 Å². The number of Topliss-reactive ketones (excluding diaryl/α,β-unsaturated/α-hetero) is 2. The van der Waals surface area contributed by atoms with Gasteiger partial charge in [0.1, 0.15) is 6.61 Å². The molecule has 70 valence electrons.